The van der Waals surface area contributed by atoms with Crippen LogP contribution >= 0.6 is 11.8 Å². The predicted molar refractivity (Wildman–Crippen MR) is 202 cm³/mol. The summed E-state index contributed by atoms with van der Waals surface area (Å²) in [7, 11) is 0. The Labute approximate surface area is 278 Å². The topological polar surface area (TPSA) is 4.93 Å². The first-order valence-electron chi connectivity index (χ1n) is 16.5. The monoisotopic (exact) mass is 617 g/mol. The predicted octanol–water partition coefficient (Wildman–Crippen LogP) is 12.7. The van der Waals surface area contributed by atoms with Crippen molar-refractivity contribution >= 4 is 66.3 Å². The van der Waals surface area contributed by atoms with E-state index in [9.17, 15) is 0 Å². The molecular weight excluding hydrogens is 587 g/mol. The number of para-hydroxylation sites is 2. The van der Waals surface area contributed by atoms with Gasteiger partial charge in [0.25, 0.3) is 0 Å². The quantitative estimate of drug-likeness (QED) is 0.191. The zero-order chi connectivity index (χ0) is 31.1. The minimum atomic E-state index is 0.426. The first-order chi connectivity index (χ1) is 23.2. The molecule has 222 valence electrons. The van der Waals surface area contributed by atoms with E-state index in [0.29, 0.717) is 5.92 Å². The summed E-state index contributed by atoms with van der Waals surface area (Å²) < 4.78 is 2.48. The fourth-order valence-electron chi connectivity index (χ4n) is 7.97. The summed E-state index contributed by atoms with van der Waals surface area (Å²) in [6.45, 7) is 2.35. The Morgan fingerprint density at radius 3 is 2.23 bits per heavy atom. The van der Waals surface area contributed by atoms with E-state index in [-0.39, 0.29) is 0 Å². The maximum atomic E-state index is 2.48. The molecule has 0 spiro atoms. The Balaban J connectivity index is 1.14. The van der Waals surface area contributed by atoms with Crippen molar-refractivity contribution in [2.24, 2.45) is 5.92 Å². The highest BCUT2D eigenvalue weighted by Gasteiger charge is 2.23. The van der Waals surface area contributed by atoms with Crippen molar-refractivity contribution in [2.45, 2.75) is 23.1 Å². The highest BCUT2D eigenvalue weighted by Crippen LogP contribution is 2.49. The van der Waals surface area contributed by atoms with Crippen LogP contribution in [0.15, 0.2) is 161 Å². The van der Waals surface area contributed by atoms with E-state index in [1.54, 1.807) is 0 Å². The maximum absolute atomic E-state index is 2.48. The van der Waals surface area contributed by atoms with Crippen LogP contribution in [-0.2, 0) is 0 Å². The van der Waals surface area contributed by atoms with E-state index in [2.05, 4.69) is 163 Å². The van der Waals surface area contributed by atoms with Crippen LogP contribution in [0.1, 0.15) is 24.5 Å². The minimum absolute atomic E-state index is 0.426. The van der Waals surface area contributed by atoms with Crippen molar-refractivity contribution in [1.29, 1.82) is 0 Å². The number of nitrogens with zero attached hydrogens (tertiary/aromatic N) is 1. The zero-order valence-corrected chi connectivity index (χ0v) is 26.9. The normalized spacial score (nSPS) is 15.6. The van der Waals surface area contributed by atoms with Gasteiger partial charge in [0.15, 0.2) is 0 Å². The maximum Gasteiger partial charge on any atom is 0.0547 e. The highest BCUT2D eigenvalue weighted by molar-refractivity contribution is 7.99. The first-order valence-corrected chi connectivity index (χ1v) is 17.3. The Bertz CT molecular complexity index is 2650. The summed E-state index contributed by atoms with van der Waals surface area (Å²) in [4.78, 5) is 2.69. The summed E-state index contributed by atoms with van der Waals surface area (Å²) in [5, 5.41) is 7.81. The Morgan fingerprint density at radius 1 is 0.574 bits per heavy atom. The molecule has 1 aliphatic heterocycles. The number of allylic oxidation sites excluding steroid dienone is 4. The molecule has 0 amide bonds. The summed E-state index contributed by atoms with van der Waals surface area (Å²) in [6, 6.07) is 51.7. The minimum Gasteiger partial charge on any atom is -0.309 e. The molecule has 1 aliphatic carbocycles. The van der Waals surface area contributed by atoms with Crippen LogP contribution in [0.25, 0.3) is 71.3 Å². The number of aromatic nitrogens is 1. The molecule has 0 fully saturated rings. The number of hydrogen-bond donors (Lipinski definition) is 0. The van der Waals surface area contributed by atoms with Gasteiger partial charge in [-0.25, -0.2) is 0 Å². The number of hydrogen-bond acceptors (Lipinski definition) is 1. The average molecular weight is 618 g/mol. The molecule has 7 aromatic carbocycles. The van der Waals surface area contributed by atoms with E-state index in [0.717, 1.165) is 6.42 Å². The van der Waals surface area contributed by atoms with E-state index in [1.165, 1.54) is 92.2 Å². The summed E-state index contributed by atoms with van der Waals surface area (Å²) >= 11 is 1.90. The fraction of sp³-hybridized carbons (Fsp3) is 0.0667. The van der Waals surface area contributed by atoms with E-state index in [1.807, 2.05) is 11.8 Å². The van der Waals surface area contributed by atoms with Gasteiger partial charge in [-0.3, -0.25) is 0 Å². The molecule has 1 unspecified atom stereocenters. The van der Waals surface area contributed by atoms with Gasteiger partial charge in [-0.05, 0) is 98.8 Å². The van der Waals surface area contributed by atoms with Crippen LogP contribution in [0.5, 0.6) is 0 Å². The second-order valence-corrected chi connectivity index (χ2v) is 14.1. The second-order valence-electron chi connectivity index (χ2n) is 13.0. The van der Waals surface area contributed by atoms with Crippen molar-refractivity contribution in [3.05, 3.63) is 163 Å². The Hall–Kier alpha value is -5.31. The molecule has 2 heteroatoms. The van der Waals surface area contributed by atoms with Gasteiger partial charge in [-0.1, -0.05) is 128 Å². The number of fused-ring (bicyclic) bond motifs is 6. The van der Waals surface area contributed by atoms with Gasteiger partial charge >= 0.3 is 0 Å². The number of rotatable bonds is 3. The average Bonchev–Trinajstić information content (AvgIpc) is 3.43. The summed E-state index contributed by atoms with van der Waals surface area (Å²) in [5.41, 5.74) is 11.7. The standard InChI is InChI=1S/C45H31NS/c1-28-22-33(32-20-21-43-39(26-32)37-16-8-12-29-13-9-19-44(47-43)45(29)37)24-34(23-28)35-14-4-6-17-40(35)46-41-18-7-5-15-36(41)38-25-30-10-2-3-11-31(30)27-42(38)46/h2-21,23-28H,22H2,1H3. The zero-order valence-electron chi connectivity index (χ0n) is 26.1. The van der Waals surface area contributed by atoms with Crippen LogP contribution in [0.3, 0.4) is 0 Å². The van der Waals surface area contributed by atoms with Crippen LogP contribution in [0.4, 0.5) is 0 Å². The van der Waals surface area contributed by atoms with Gasteiger partial charge in [-0.15, -0.1) is 0 Å². The molecule has 0 bridgehead atoms. The molecule has 8 aromatic rings. The molecule has 0 radical (unpaired) electrons. The van der Waals surface area contributed by atoms with Crippen molar-refractivity contribution in [2.75, 3.05) is 0 Å². The highest BCUT2D eigenvalue weighted by atomic mass is 32.2. The lowest BCUT2D eigenvalue weighted by molar-refractivity contribution is 0.751. The summed E-state index contributed by atoms with van der Waals surface area (Å²) in [5.74, 6) is 0.426. The third-order valence-electron chi connectivity index (χ3n) is 10.1. The first kappa shape index (κ1) is 26.9. The number of benzene rings is 7. The van der Waals surface area contributed by atoms with Crippen molar-refractivity contribution in [3.8, 4) is 16.8 Å². The smallest absolute Gasteiger partial charge is 0.0547 e. The van der Waals surface area contributed by atoms with E-state index < -0.39 is 0 Å². The molecule has 2 heterocycles. The SMILES string of the molecule is CC1C=C(c2ccccc2-n2c3ccccc3c3cc4ccccc4cc32)C=C(c2ccc3c(c2)-c2cccc4cccc(c24)S3)C1. The van der Waals surface area contributed by atoms with Gasteiger partial charge in [-0.2, -0.15) is 0 Å². The molecule has 1 nitrogen and oxygen atoms in total. The Kier molecular flexibility index (Phi) is 5.92. The van der Waals surface area contributed by atoms with Crippen molar-refractivity contribution < 1.29 is 0 Å². The summed E-state index contributed by atoms with van der Waals surface area (Å²) in [6.07, 6.45) is 5.95. The van der Waals surface area contributed by atoms with Crippen LogP contribution in [0, 0.1) is 5.92 Å². The van der Waals surface area contributed by atoms with Gasteiger partial charge in [0.1, 0.15) is 0 Å². The lowest BCUT2D eigenvalue weighted by Crippen LogP contribution is -2.05. The third-order valence-corrected chi connectivity index (χ3v) is 11.2. The lowest BCUT2D eigenvalue weighted by Gasteiger charge is -2.24. The molecular formula is C45H31NS. The van der Waals surface area contributed by atoms with E-state index in [4.69, 9.17) is 0 Å². The van der Waals surface area contributed by atoms with Crippen LogP contribution in [0.2, 0.25) is 0 Å². The van der Waals surface area contributed by atoms with E-state index >= 15 is 0 Å². The fourth-order valence-corrected chi connectivity index (χ4v) is 9.10. The lowest BCUT2D eigenvalue weighted by atomic mass is 9.84. The molecule has 10 rings (SSSR count). The molecule has 47 heavy (non-hydrogen) atoms. The van der Waals surface area contributed by atoms with Gasteiger partial charge < -0.3 is 4.57 Å². The molecule has 0 N–H and O–H groups in total. The molecule has 0 saturated heterocycles. The van der Waals surface area contributed by atoms with Crippen molar-refractivity contribution in [3.63, 3.8) is 0 Å². The molecule has 1 atom stereocenters. The third kappa shape index (κ3) is 4.18. The largest absolute Gasteiger partial charge is 0.309 e. The van der Waals surface area contributed by atoms with Crippen LogP contribution < -0.4 is 0 Å². The van der Waals surface area contributed by atoms with Gasteiger partial charge in [0, 0.05) is 31.5 Å². The molecule has 2 aliphatic rings. The van der Waals surface area contributed by atoms with Gasteiger partial charge in [0.2, 0.25) is 0 Å². The second kappa shape index (κ2) is 10.4. The van der Waals surface area contributed by atoms with Crippen molar-refractivity contribution in [1.82, 2.24) is 4.57 Å². The van der Waals surface area contributed by atoms with Gasteiger partial charge in [0.05, 0.1) is 16.7 Å². The van der Waals surface area contributed by atoms with Crippen LogP contribution in [-0.4, -0.2) is 4.57 Å². The molecule has 1 aromatic heterocycles. The Morgan fingerprint density at radius 2 is 1.32 bits per heavy atom. The molecule has 0 saturated carbocycles.